The molecule has 0 radical (unpaired) electrons. The second kappa shape index (κ2) is 8.88. The van der Waals surface area contributed by atoms with Gasteiger partial charge in [0.25, 0.3) is 5.91 Å². The summed E-state index contributed by atoms with van der Waals surface area (Å²) in [4.78, 5) is 22.4. The average Bonchev–Trinajstić information content (AvgIpc) is 3.01. The number of nitrogens with one attached hydrogen (secondary N) is 1. The maximum absolute atomic E-state index is 13.0. The van der Waals surface area contributed by atoms with Crippen molar-refractivity contribution in [3.05, 3.63) is 42.2 Å². The Morgan fingerprint density at radius 1 is 1.26 bits per heavy atom. The SMILES string of the molecule is CC(C)(C)NC(=O)c1cn(COCCS(C)(C)C)c2ncc(-c3cccc(N)c3)nc12. The van der Waals surface area contributed by atoms with E-state index in [9.17, 15) is 4.79 Å². The highest BCUT2D eigenvalue weighted by molar-refractivity contribution is 8.32. The summed E-state index contributed by atoms with van der Waals surface area (Å²) in [7, 11) is -0.626. The third-order valence-electron chi connectivity index (χ3n) is 4.55. The first-order chi connectivity index (χ1) is 14.4. The smallest absolute Gasteiger partial charge is 0.255 e. The van der Waals surface area contributed by atoms with Crippen LogP contribution in [0, 0.1) is 0 Å². The van der Waals surface area contributed by atoms with E-state index in [0.717, 1.165) is 11.3 Å². The van der Waals surface area contributed by atoms with E-state index >= 15 is 0 Å². The number of ether oxygens (including phenoxy) is 1. The Morgan fingerprint density at radius 2 is 2.00 bits per heavy atom. The lowest BCUT2D eigenvalue weighted by atomic mass is 10.1. The number of aromatic nitrogens is 3. The van der Waals surface area contributed by atoms with Crippen LogP contribution in [-0.2, 0) is 11.5 Å². The minimum absolute atomic E-state index is 0.186. The summed E-state index contributed by atoms with van der Waals surface area (Å²) < 4.78 is 7.74. The molecule has 3 aromatic rings. The molecule has 1 aromatic carbocycles. The highest BCUT2D eigenvalue weighted by atomic mass is 32.3. The van der Waals surface area contributed by atoms with Crippen molar-refractivity contribution in [3.8, 4) is 11.3 Å². The Hall–Kier alpha value is -2.58. The predicted molar refractivity (Wildman–Crippen MR) is 131 cm³/mol. The number of carbonyl (C=O) groups is 1. The molecule has 0 saturated heterocycles. The van der Waals surface area contributed by atoms with Crippen LogP contribution in [0.4, 0.5) is 5.69 Å². The van der Waals surface area contributed by atoms with Crippen molar-refractivity contribution in [1.29, 1.82) is 0 Å². The van der Waals surface area contributed by atoms with E-state index < -0.39 is 10.0 Å². The standard InChI is InChI=1S/C23H33N5O2S/c1-23(2,3)27-22(29)18-14-28(15-30-10-11-31(4,5)6)21-20(18)26-19(13-25-21)16-8-7-9-17(24)12-16/h7-9,12-14H,10-11,15,24H2,1-6H3,(H,27,29). The second-order valence-corrected chi connectivity index (χ2v) is 14.2. The first-order valence-electron chi connectivity index (χ1n) is 10.2. The van der Waals surface area contributed by atoms with Crippen LogP contribution in [0.2, 0.25) is 0 Å². The number of amides is 1. The average molecular weight is 444 g/mol. The Morgan fingerprint density at radius 3 is 2.65 bits per heavy atom. The minimum Gasteiger partial charge on any atom is -0.399 e. The number of fused-ring (bicyclic) bond motifs is 1. The number of nitrogens with zero attached hydrogens (tertiary/aromatic N) is 3. The number of carbonyl (C=O) groups excluding carboxylic acids is 1. The van der Waals surface area contributed by atoms with Gasteiger partial charge in [-0.1, -0.05) is 12.1 Å². The van der Waals surface area contributed by atoms with Gasteiger partial charge in [0.2, 0.25) is 0 Å². The maximum atomic E-state index is 13.0. The lowest BCUT2D eigenvalue weighted by Gasteiger charge is -2.24. The summed E-state index contributed by atoms with van der Waals surface area (Å²) in [5.74, 6) is 0.837. The van der Waals surface area contributed by atoms with Crippen molar-refractivity contribution in [3.63, 3.8) is 0 Å². The van der Waals surface area contributed by atoms with Crippen LogP contribution in [0.3, 0.4) is 0 Å². The maximum Gasteiger partial charge on any atom is 0.255 e. The second-order valence-electron chi connectivity index (χ2n) is 9.60. The van der Waals surface area contributed by atoms with Crippen LogP contribution in [0.5, 0.6) is 0 Å². The number of rotatable bonds is 7. The van der Waals surface area contributed by atoms with Gasteiger partial charge in [-0.05, 0) is 51.7 Å². The molecular weight excluding hydrogens is 410 g/mol. The fraction of sp³-hybridized carbons (Fsp3) is 0.435. The van der Waals surface area contributed by atoms with Gasteiger partial charge in [0.15, 0.2) is 5.65 Å². The van der Waals surface area contributed by atoms with Crippen molar-refractivity contribution in [1.82, 2.24) is 19.9 Å². The fourth-order valence-electron chi connectivity index (χ4n) is 3.03. The molecule has 0 bridgehead atoms. The highest BCUT2D eigenvalue weighted by Crippen LogP contribution is 2.33. The van der Waals surface area contributed by atoms with Gasteiger partial charge in [0.05, 0.1) is 24.1 Å². The third-order valence-corrected chi connectivity index (χ3v) is 5.94. The first kappa shape index (κ1) is 23.1. The van der Waals surface area contributed by atoms with Crippen molar-refractivity contribution in [2.24, 2.45) is 0 Å². The zero-order valence-electron chi connectivity index (χ0n) is 19.2. The Labute approximate surface area is 185 Å². The van der Waals surface area contributed by atoms with Crippen LogP contribution in [0.15, 0.2) is 36.7 Å². The lowest BCUT2D eigenvalue weighted by Crippen LogP contribution is -2.40. The van der Waals surface area contributed by atoms with E-state index in [4.69, 9.17) is 15.5 Å². The summed E-state index contributed by atoms with van der Waals surface area (Å²) in [6, 6.07) is 7.47. The van der Waals surface area contributed by atoms with Crippen LogP contribution >= 0.6 is 10.0 Å². The normalized spacial score (nSPS) is 12.8. The monoisotopic (exact) mass is 443 g/mol. The molecule has 31 heavy (non-hydrogen) atoms. The summed E-state index contributed by atoms with van der Waals surface area (Å²) in [6.45, 7) is 6.83. The van der Waals surface area contributed by atoms with E-state index in [1.807, 2.05) is 49.6 Å². The first-order valence-corrected chi connectivity index (χ1v) is 13.2. The molecule has 7 nitrogen and oxygen atoms in total. The quantitative estimate of drug-likeness (QED) is 0.427. The molecule has 168 valence electrons. The third kappa shape index (κ3) is 6.21. The van der Waals surface area contributed by atoms with Crippen LogP contribution < -0.4 is 11.1 Å². The number of nitrogen functional groups attached to an aromatic ring is 1. The molecular formula is C23H33N5O2S. The molecule has 3 N–H and O–H groups in total. The zero-order valence-corrected chi connectivity index (χ0v) is 20.0. The van der Waals surface area contributed by atoms with Gasteiger partial charge in [0, 0.05) is 28.7 Å². The van der Waals surface area contributed by atoms with E-state index in [1.54, 1.807) is 12.4 Å². The molecule has 0 aliphatic heterocycles. The molecule has 0 fully saturated rings. The van der Waals surface area contributed by atoms with Gasteiger partial charge in [-0.3, -0.25) is 4.79 Å². The zero-order chi connectivity index (χ0) is 22.8. The van der Waals surface area contributed by atoms with Gasteiger partial charge in [-0.25, -0.2) is 20.0 Å². The largest absolute Gasteiger partial charge is 0.399 e. The summed E-state index contributed by atoms with van der Waals surface area (Å²) >= 11 is 0. The van der Waals surface area contributed by atoms with Gasteiger partial charge < -0.3 is 20.4 Å². The van der Waals surface area contributed by atoms with Gasteiger partial charge >= 0.3 is 0 Å². The molecule has 3 rings (SSSR count). The number of nitrogens with two attached hydrogens (primary N) is 1. The van der Waals surface area contributed by atoms with Crippen molar-refractivity contribution in [2.45, 2.75) is 33.0 Å². The summed E-state index contributed by atoms with van der Waals surface area (Å²) in [5, 5.41) is 3.02. The predicted octanol–water partition coefficient (Wildman–Crippen LogP) is 3.88. The summed E-state index contributed by atoms with van der Waals surface area (Å²) in [6.07, 6.45) is 10.3. The molecule has 1 amide bonds. The van der Waals surface area contributed by atoms with E-state index in [1.165, 1.54) is 0 Å². The van der Waals surface area contributed by atoms with Crippen molar-refractivity contribution in [2.75, 3.05) is 36.9 Å². The van der Waals surface area contributed by atoms with Crippen molar-refractivity contribution < 1.29 is 9.53 Å². The van der Waals surface area contributed by atoms with Gasteiger partial charge in [-0.2, -0.15) is 0 Å². The molecule has 0 atom stereocenters. The van der Waals surface area contributed by atoms with Crippen LogP contribution in [0.25, 0.3) is 22.4 Å². The fourth-order valence-corrected chi connectivity index (χ4v) is 3.65. The van der Waals surface area contributed by atoms with Crippen molar-refractivity contribution >= 4 is 32.8 Å². The van der Waals surface area contributed by atoms with Crippen LogP contribution in [0.1, 0.15) is 31.1 Å². The lowest BCUT2D eigenvalue weighted by molar-refractivity contribution is 0.0901. The number of hydrogen-bond acceptors (Lipinski definition) is 5. The Bertz CT molecular complexity index is 1080. The minimum atomic E-state index is -0.626. The molecule has 2 aromatic heterocycles. The van der Waals surface area contributed by atoms with E-state index in [-0.39, 0.29) is 11.4 Å². The van der Waals surface area contributed by atoms with E-state index in [2.05, 4.69) is 29.1 Å². The Balaban J connectivity index is 1.97. The van der Waals surface area contributed by atoms with Crippen LogP contribution in [-0.4, -0.2) is 57.1 Å². The highest BCUT2D eigenvalue weighted by Gasteiger charge is 2.22. The molecule has 0 unspecified atom stereocenters. The molecule has 2 heterocycles. The van der Waals surface area contributed by atoms with Gasteiger partial charge in [0.1, 0.15) is 12.2 Å². The molecule has 0 saturated carbocycles. The molecule has 0 aliphatic rings. The summed E-state index contributed by atoms with van der Waals surface area (Å²) in [5.41, 5.74) is 9.38. The van der Waals surface area contributed by atoms with Gasteiger partial charge in [-0.15, -0.1) is 0 Å². The Kier molecular flexibility index (Phi) is 6.62. The number of benzene rings is 1. The number of anilines is 1. The molecule has 8 heteroatoms. The molecule has 0 spiro atoms. The van der Waals surface area contributed by atoms with E-state index in [0.29, 0.717) is 41.4 Å². The number of hydrogen-bond donors (Lipinski definition) is 2. The molecule has 0 aliphatic carbocycles. The topological polar surface area (TPSA) is 95.1 Å².